The first-order valence-electron chi connectivity index (χ1n) is 19.1. The average molecular weight is 819 g/mol. The molecule has 9 nitrogen and oxygen atoms in total. The Morgan fingerprint density at radius 1 is 0.459 bits per heavy atom. The van der Waals surface area contributed by atoms with E-state index in [1.54, 1.807) is 30.3 Å². The minimum atomic E-state index is -1.31. The number of aromatic hydroxyl groups is 2. The number of carboxylic acid groups (broad SMARTS) is 3. The van der Waals surface area contributed by atoms with Gasteiger partial charge in [-0.3, -0.25) is 14.4 Å². The summed E-state index contributed by atoms with van der Waals surface area (Å²) >= 11 is 0. The smallest absolute Gasteiger partial charge is 0.328 e. The van der Waals surface area contributed by atoms with Crippen LogP contribution in [0.15, 0.2) is 164 Å². The van der Waals surface area contributed by atoms with Crippen molar-refractivity contribution < 1.29 is 44.7 Å². The Morgan fingerprint density at radius 2 is 0.787 bits per heavy atom. The third-order valence-electron chi connectivity index (χ3n) is 9.12. The van der Waals surface area contributed by atoms with E-state index in [1.807, 2.05) is 109 Å². The highest BCUT2D eigenvalue weighted by Gasteiger charge is 2.15. The molecule has 61 heavy (non-hydrogen) atoms. The standard InChI is InChI=1S/C25H22O3.C23H20O2.C3H4O4.CH4/c1-2-23(19-6-4-3-5-7-19)25(21-13-15-22(26)16-14-21)20-11-8-18(9-12-20)10-17-24(27)28;1-2-22(18-6-4-3-5-7-18)23(20-12-14-21(25)15-13-20)19-10-8-17(16-24)9-11-19;4-2(5)1-3(6)7;/h3-17,26H,2H2,1H3,(H,27,28);3-16,25H,2H2,1H3;1H2,(H,4,5)(H,6,7);1H4/b17-10+,25-23-;23-22-;;. The molecule has 6 aromatic rings. The van der Waals surface area contributed by atoms with Gasteiger partial charge in [-0.25, -0.2) is 4.79 Å². The van der Waals surface area contributed by atoms with Crippen molar-refractivity contribution in [2.75, 3.05) is 0 Å². The summed E-state index contributed by atoms with van der Waals surface area (Å²) in [5.74, 6) is -3.11. The van der Waals surface area contributed by atoms with Gasteiger partial charge in [-0.15, -0.1) is 0 Å². The summed E-state index contributed by atoms with van der Waals surface area (Å²) in [6.45, 7) is 4.27. The van der Waals surface area contributed by atoms with Crippen LogP contribution in [0.25, 0.3) is 28.4 Å². The number of aldehydes is 1. The second-order valence-corrected chi connectivity index (χ2v) is 13.2. The third kappa shape index (κ3) is 14.5. The van der Waals surface area contributed by atoms with Crippen LogP contribution in [0.2, 0.25) is 0 Å². The number of rotatable bonds is 13. The molecule has 0 aromatic heterocycles. The molecule has 0 unspecified atom stereocenters. The monoisotopic (exact) mass is 818 g/mol. The van der Waals surface area contributed by atoms with Crippen molar-refractivity contribution in [3.8, 4) is 11.5 Å². The SMILES string of the molecule is C.CC/C(=C(/c1ccc(O)cc1)c1ccc(/C=C/C(=O)O)cc1)c1ccccc1.CC/C(=C(/c1ccc(O)cc1)c1ccc(C=O)cc1)c1ccccc1.O=C(O)CC(=O)O. The number of hydrogen-bond acceptors (Lipinski definition) is 6. The molecule has 0 aliphatic carbocycles. The zero-order valence-electron chi connectivity index (χ0n) is 33.2. The molecule has 312 valence electrons. The van der Waals surface area contributed by atoms with Gasteiger partial charge in [0.15, 0.2) is 0 Å². The first-order chi connectivity index (χ1) is 28.9. The lowest BCUT2D eigenvalue weighted by atomic mass is 9.88. The van der Waals surface area contributed by atoms with E-state index in [1.165, 1.54) is 16.7 Å². The van der Waals surface area contributed by atoms with Gasteiger partial charge in [0, 0.05) is 11.6 Å². The summed E-state index contributed by atoms with van der Waals surface area (Å²) in [6.07, 6.45) is 4.48. The largest absolute Gasteiger partial charge is 0.508 e. The summed E-state index contributed by atoms with van der Waals surface area (Å²) in [7, 11) is 0. The van der Waals surface area contributed by atoms with Crippen LogP contribution < -0.4 is 0 Å². The molecule has 0 aliphatic rings. The highest BCUT2D eigenvalue weighted by atomic mass is 16.4. The van der Waals surface area contributed by atoms with E-state index < -0.39 is 24.3 Å². The van der Waals surface area contributed by atoms with Crippen molar-refractivity contribution in [2.24, 2.45) is 0 Å². The normalized spacial score (nSPS) is 11.2. The molecule has 0 amide bonds. The minimum Gasteiger partial charge on any atom is -0.508 e. The van der Waals surface area contributed by atoms with E-state index in [-0.39, 0.29) is 18.9 Å². The lowest BCUT2D eigenvalue weighted by molar-refractivity contribution is -0.147. The lowest BCUT2D eigenvalue weighted by Crippen LogP contribution is -2.03. The molecule has 0 saturated carbocycles. The first kappa shape index (κ1) is 47.6. The van der Waals surface area contributed by atoms with E-state index in [4.69, 9.17) is 15.3 Å². The predicted molar refractivity (Wildman–Crippen MR) is 243 cm³/mol. The maximum Gasteiger partial charge on any atom is 0.328 e. The molecule has 0 radical (unpaired) electrons. The van der Waals surface area contributed by atoms with E-state index in [2.05, 4.69) is 38.1 Å². The first-order valence-corrected chi connectivity index (χ1v) is 19.1. The third-order valence-corrected chi connectivity index (χ3v) is 9.12. The van der Waals surface area contributed by atoms with Crippen LogP contribution in [0, 0.1) is 0 Å². The van der Waals surface area contributed by atoms with E-state index >= 15 is 0 Å². The van der Waals surface area contributed by atoms with Crippen LogP contribution in [0.4, 0.5) is 0 Å². The number of hydrogen-bond donors (Lipinski definition) is 5. The van der Waals surface area contributed by atoms with Gasteiger partial charge in [-0.2, -0.15) is 0 Å². The molecule has 9 heteroatoms. The maximum atomic E-state index is 11.0. The van der Waals surface area contributed by atoms with Crippen LogP contribution in [0.1, 0.15) is 89.8 Å². The Kier molecular flexibility index (Phi) is 18.9. The molecule has 6 rings (SSSR count). The van der Waals surface area contributed by atoms with Crippen molar-refractivity contribution in [3.63, 3.8) is 0 Å². The fourth-order valence-electron chi connectivity index (χ4n) is 6.40. The van der Waals surface area contributed by atoms with Gasteiger partial charge in [0.25, 0.3) is 0 Å². The van der Waals surface area contributed by atoms with Gasteiger partial charge >= 0.3 is 17.9 Å². The van der Waals surface area contributed by atoms with E-state index in [0.29, 0.717) is 5.56 Å². The number of benzene rings is 6. The van der Waals surface area contributed by atoms with E-state index in [0.717, 1.165) is 69.7 Å². The fraction of sp³-hybridized carbons (Fsp3) is 0.115. The minimum absolute atomic E-state index is 0. The van der Waals surface area contributed by atoms with Crippen molar-refractivity contribution in [1.82, 2.24) is 0 Å². The van der Waals surface area contributed by atoms with Crippen LogP contribution >= 0.6 is 0 Å². The highest BCUT2D eigenvalue weighted by Crippen LogP contribution is 2.36. The Morgan fingerprint density at radius 3 is 1.07 bits per heavy atom. The molecular formula is C52H50O9. The Hall–Kier alpha value is -7.78. The summed E-state index contributed by atoms with van der Waals surface area (Å²) in [6, 6.07) is 50.5. The fourth-order valence-corrected chi connectivity index (χ4v) is 6.40. The topological polar surface area (TPSA) is 169 Å². The number of phenols is 2. The van der Waals surface area contributed by atoms with Gasteiger partial charge in [0.2, 0.25) is 0 Å². The van der Waals surface area contributed by atoms with Gasteiger partial charge < -0.3 is 25.5 Å². The molecule has 0 fully saturated rings. The molecule has 0 spiro atoms. The van der Waals surface area contributed by atoms with Crippen molar-refractivity contribution >= 4 is 52.6 Å². The molecule has 0 aliphatic heterocycles. The predicted octanol–water partition coefficient (Wildman–Crippen LogP) is 11.6. The number of aliphatic carboxylic acids is 3. The van der Waals surface area contributed by atoms with Gasteiger partial charge in [0.1, 0.15) is 24.2 Å². The second-order valence-electron chi connectivity index (χ2n) is 13.2. The molecule has 6 aromatic carbocycles. The number of allylic oxidation sites excluding steroid dienone is 2. The average Bonchev–Trinajstić information content (AvgIpc) is 3.25. The molecule has 5 N–H and O–H groups in total. The molecule has 0 saturated heterocycles. The van der Waals surface area contributed by atoms with Crippen LogP contribution in [-0.4, -0.2) is 49.7 Å². The Labute approximate surface area is 356 Å². The van der Waals surface area contributed by atoms with Crippen LogP contribution in [0.5, 0.6) is 11.5 Å². The molecular weight excluding hydrogens is 769 g/mol. The quantitative estimate of drug-likeness (QED) is 0.0329. The summed E-state index contributed by atoms with van der Waals surface area (Å²) in [4.78, 5) is 40.6. The number of carbonyl (C=O) groups excluding carboxylic acids is 1. The van der Waals surface area contributed by atoms with Crippen molar-refractivity contribution in [1.29, 1.82) is 0 Å². The Balaban J connectivity index is 0.000000279. The highest BCUT2D eigenvalue weighted by molar-refractivity contribution is 6.00. The molecule has 0 atom stereocenters. The lowest BCUT2D eigenvalue weighted by Gasteiger charge is -2.16. The molecule has 0 heterocycles. The summed E-state index contributed by atoms with van der Waals surface area (Å²) < 4.78 is 0. The van der Waals surface area contributed by atoms with Crippen molar-refractivity contribution in [3.05, 3.63) is 208 Å². The van der Waals surface area contributed by atoms with Crippen molar-refractivity contribution in [2.45, 2.75) is 40.5 Å². The number of carbonyl (C=O) groups is 4. The van der Waals surface area contributed by atoms with Gasteiger partial charge in [0.05, 0.1) is 0 Å². The van der Waals surface area contributed by atoms with Gasteiger partial charge in [-0.05, 0) is 104 Å². The van der Waals surface area contributed by atoms with Gasteiger partial charge in [-0.1, -0.05) is 155 Å². The maximum absolute atomic E-state index is 11.0. The summed E-state index contributed by atoms with van der Waals surface area (Å²) in [5.41, 5.74) is 12.6. The zero-order valence-corrected chi connectivity index (χ0v) is 33.2. The Bertz CT molecular complexity index is 2420. The molecule has 0 bridgehead atoms. The number of carboxylic acids is 3. The summed E-state index contributed by atoms with van der Waals surface area (Å²) in [5, 5.41) is 43.5. The van der Waals surface area contributed by atoms with Crippen LogP contribution in [-0.2, 0) is 14.4 Å². The second kappa shape index (κ2) is 24.2. The van der Waals surface area contributed by atoms with Crippen LogP contribution in [0.3, 0.4) is 0 Å². The number of phenolic OH excluding ortho intramolecular Hbond substituents is 2. The zero-order chi connectivity index (χ0) is 43.4. The van der Waals surface area contributed by atoms with E-state index in [9.17, 15) is 29.4 Å².